The third-order valence-electron chi connectivity index (χ3n) is 4.92. The summed E-state index contributed by atoms with van der Waals surface area (Å²) in [6, 6.07) is 3.15. The Labute approximate surface area is 129 Å². The number of rotatable bonds is 5. The van der Waals surface area contributed by atoms with E-state index in [0.29, 0.717) is 6.04 Å². The topological polar surface area (TPSA) is 42.1 Å². The molecular formula is C18H31N3. The number of aryl methyl sites for hydroxylation is 1. The van der Waals surface area contributed by atoms with Crippen molar-refractivity contribution in [3.8, 4) is 0 Å². The van der Waals surface area contributed by atoms with Gasteiger partial charge in [0.1, 0.15) is 5.82 Å². The first-order chi connectivity index (χ1) is 10.0. The molecule has 1 aliphatic rings. The maximum Gasteiger partial charge on any atom is 0.131 e. The number of aromatic nitrogens is 1. The lowest BCUT2D eigenvalue weighted by Crippen LogP contribution is -2.36. The lowest BCUT2D eigenvalue weighted by Gasteiger charge is -2.35. The third-order valence-corrected chi connectivity index (χ3v) is 4.92. The minimum Gasteiger partial charge on any atom is -0.356 e. The normalized spacial score (nSPS) is 23.9. The predicted octanol–water partition coefficient (Wildman–Crippen LogP) is 3.68. The van der Waals surface area contributed by atoms with Crippen LogP contribution >= 0.6 is 0 Å². The van der Waals surface area contributed by atoms with E-state index in [1.54, 1.807) is 0 Å². The highest BCUT2D eigenvalue weighted by Crippen LogP contribution is 2.30. The molecule has 2 rings (SSSR count). The molecule has 1 heterocycles. The Kier molecular flexibility index (Phi) is 5.63. The zero-order valence-corrected chi connectivity index (χ0v) is 14.1. The monoisotopic (exact) mass is 289 g/mol. The summed E-state index contributed by atoms with van der Waals surface area (Å²) in [7, 11) is 2.20. The van der Waals surface area contributed by atoms with E-state index in [9.17, 15) is 0 Å². The van der Waals surface area contributed by atoms with Crippen LogP contribution in [0.25, 0.3) is 0 Å². The third kappa shape index (κ3) is 4.19. The molecule has 0 radical (unpaired) electrons. The van der Waals surface area contributed by atoms with Gasteiger partial charge in [0.25, 0.3) is 0 Å². The summed E-state index contributed by atoms with van der Waals surface area (Å²) >= 11 is 0. The van der Waals surface area contributed by atoms with Crippen LogP contribution in [-0.4, -0.2) is 24.1 Å². The van der Waals surface area contributed by atoms with E-state index < -0.39 is 0 Å². The van der Waals surface area contributed by atoms with Crippen molar-refractivity contribution in [2.45, 2.75) is 71.4 Å². The Bertz CT molecular complexity index is 458. The quantitative estimate of drug-likeness (QED) is 0.899. The molecule has 1 aromatic rings. The summed E-state index contributed by atoms with van der Waals surface area (Å²) in [5.41, 5.74) is 8.58. The lowest BCUT2D eigenvalue weighted by molar-refractivity contribution is 0.335. The van der Waals surface area contributed by atoms with Crippen LogP contribution in [0.4, 0.5) is 5.82 Å². The molecule has 1 aliphatic carbocycles. The van der Waals surface area contributed by atoms with Gasteiger partial charge >= 0.3 is 0 Å². The molecule has 1 fully saturated rings. The van der Waals surface area contributed by atoms with Gasteiger partial charge in [-0.2, -0.15) is 0 Å². The Balaban J connectivity index is 2.09. The molecule has 0 aromatic carbocycles. The molecule has 0 aliphatic heterocycles. The summed E-state index contributed by atoms with van der Waals surface area (Å²) in [5.74, 6) is 1.98. The van der Waals surface area contributed by atoms with Gasteiger partial charge in [0, 0.05) is 25.3 Å². The molecule has 0 amide bonds. The van der Waals surface area contributed by atoms with Crippen LogP contribution in [0.15, 0.2) is 12.3 Å². The fraction of sp³-hybridized carbons (Fsp3) is 0.722. The van der Waals surface area contributed by atoms with E-state index in [-0.39, 0.29) is 6.04 Å². The maximum atomic E-state index is 6.05. The Morgan fingerprint density at radius 3 is 2.81 bits per heavy atom. The van der Waals surface area contributed by atoms with Crippen LogP contribution in [0.1, 0.15) is 57.1 Å². The minimum atomic E-state index is 0.244. The molecular weight excluding hydrogens is 258 g/mol. The van der Waals surface area contributed by atoms with Gasteiger partial charge in [-0.25, -0.2) is 4.98 Å². The van der Waals surface area contributed by atoms with Crippen LogP contribution < -0.4 is 10.6 Å². The molecule has 3 unspecified atom stereocenters. The highest BCUT2D eigenvalue weighted by Gasteiger charge is 2.24. The van der Waals surface area contributed by atoms with Crippen molar-refractivity contribution in [3.05, 3.63) is 23.4 Å². The highest BCUT2D eigenvalue weighted by molar-refractivity contribution is 5.47. The summed E-state index contributed by atoms with van der Waals surface area (Å²) in [6.07, 6.45) is 9.27. The van der Waals surface area contributed by atoms with Crippen molar-refractivity contribution in [2.24, 2.45) is 11.7 Å². The second kappa shape index (κ2) is 7.26. The van der Waals surface area contributed by atoms with Gasteiger partial charge in [0.15, 0.2) is 0 Å². The molecule has 0 spiro atoms. The van der Waals surface area contributed by atoms with Gasteiger partial charge in [-0.3, -0.25) is 0 Å². The van der Waals surface area contributed by atoms with Crippen LogP contribution in [0, 0.1) is 12.8 Å². The summed E-state index contributed by atoms with van der Waals surface area (Å²) < 4.78 is 0. The average Bonchev–Trinajstić information content (AvgIpc) is 2.46. The Morgan fingerprint density at radius 1 is 1.43 bits per heavy atom. The number of hydrogen-bond acceptors (Lipinski definition) is 3. The second-order valence-electron chi connectivity index (χ2n) is 6.89. The van der Waals surface area contributed by atoms with E-state index in [1.165, 1.54) is 36.8 Å². The lowest BCUT2D eigenvalue weighted by atomic mass is 9.86. The number of anilines is 1. The molecule has 1 aromatic heterocycles. The van der Waals surface area contributed by atoms with Crippen LogP contribution in [-0.2, 0) is 6.42 Å². The van der Waals surface area contributed by atoms with E-state index in [1.807, 2.05) is 6.20 Å². The second-order valence-corrected chi connectivity index (χ2v) is 6.89. The van der Waals surface area contributed by atoms with Crippen molar-refractivity contribution in [3.63, 3.8) is 0 Å². The predicted molar refractivity (Wildman–Crippen MR) is 90.8 cm³/mol. The summed E-state index contributed by atoms with van der Waals surface area (Å²) in [5, 5.41) is 0. The first kappa shape index (κ1) is 16.3. The van der Waals surface area contributed by atoms with Gasteiger partial charge in [-0.15, -0.1) is 0 Å². The smallest absolute Gasteiger partial charge is 0.131 e. The zero-order valence-electron chi connectivity index (χ0n) is 14.1. The molecule has 3 nitrogen and oxygen atoms in total. The number of nitrogens with zero attached hydrogens (tertiary/aromatic N) is 2. The highest BCUT2D eigenvalue weighted by atomic mass is 15.2. The number of hydrogen-bond donors (Lipinski definition) is 1. The van der Waals surface area contributed by atoms with Crippen LogP contribution in [0.2, 0.25) is 0 Å². The standard InChI is InChI=1S/C18H31N3/c1-5-16(19)11-15-10-14(3)18(20-12-15)21(4)17-8-6-7-13(2)9-17/h10,12-13,16-17H,5-9,11,19H2,1-4H3. The summed E-state index contributed by atoms with van der Waals surface area (Å²) in [6.45, 7) is 6.68. The van der Waals surface area contributed by atoms with Gasteiger partial charge in [0.2, 0.25) is 0 Å². The molecule has 0 saturated heterocycles. The van der Waals surface area contributed by atoms with Gasteiger partial charge in [-0.05, 0) is 49.7 Å². The van der Waals surface area contributed by atoms with Crippen molar-refractivity contribution in [1.82, 2.24) is 4.98 Å². The molecule has 0 bridgehead atoms. The van der Waals surface area contributed by atoms with Gasteiger partial charge in [0.05, 0.1) is 0 Å². The van der Waals surface area contributed by atoms with Crippen molar-refractivity contribution >= 4 is 5.82 Å². The molecule has 3 heteroatoms. The van der Waals surface area contributed by atoms with E-state index in [4.69, 9.17) is 10.7 Å². The maximum absolute atomic E-state index is 6.05. The Hall–Kier alpha value is -1.09. The minimum absolute atomic E-state index is 0.244. The van der Waals surface area contributed by atoms with Crippen molar-refractivity contribution in [1.29, 1.82) is 0 Å². The van der Waals surface area contributed by atoms with Crippen molar-refractivity contribution < 1.29 is 0 Å². The molecule has 1 saturated carbocycles. The Morgan fingerprint density at radius 2 is 2.19 bits per heavy atom. The largest absolute Gasteiger partial charge is 0.356 e. The molecule has 2 N–H and O–H groups in total. The average molecular weight is 289 g/mol. The van der Waals surface area contributed by atoms with Gasteiger partial charge in [-0.1, -0.05) is 32.8 Å². The zero-order chi connectivity index (χ0) is 15.4. The van der Waals surface area contributed by atoms with E-state index in [2.05, 4.69) is 38.8 Å². The SMILES string of the molecule is CCC(N)Cc1cnc(N(C)C2CCCC(C)C2)c(C)c1. The fourth-order valence-corrected chi connectivity index (χ4v) is 3.48. The molecule has 3 atom stereocenters. The fourth-order valence-electron chi connectivity index (χ4n) is 3.48. The first-order valence-corrected chi connectivity index (χ1v) is 8.45. The van der Waals surface area contributed by atoms with Crippen molar-refractivity contribution in [2.75, 3.05) is 11.9 Å². The van der Waals surface area contributed by atoms with Gasteiger partial charge < -0.3 is 10.6 Å². The van der Waals surface area contributed by atoms with Crippen LogP contribution in [0.5, 0.6) is 0 Å². The summed E-state index contributed by atoms with van der Waals surface area (Å²) in [4.78, 5) is 7.13. The molecule has 21 heavy (non-hydrogen) atoms. The van der Waals surface area contributed by atoms with Crippen LogP contribution in [0.3, 0.4) is 0 Å². The number of nitrogens with two attached hydrogens (primary N) is 1. The van der Waals surface area contributed by atoms with E-state index in [0.717, 1.165) is 24.6 Å². The molecule has 118 valence electrons. The number of pyridine rings is 1. The first-order valence-electron chi connectivity index (χ1n) is 8.45. The van der Waals surface area contributed by atoms with E-state index >= 15 is 0 Å².